The number of nitrogens with one attached hydrogen (secondary N) is 1. The molecule has 0 aliphatic rings. The fourth-order valence-corrected chi connectivity index (χ4v) is 2.09. The van der Waals surface area contributed by atoms with Crippen molar-refractivity contribution in [1.29, 1.82) is 0 Å². The van der Waals surface area contributed by atoms with Crippen LogP contribution in [0.15, 0.2) is 24.5 Å². The number of carbonyl (C=O) groups is 1. The zero-order valence-corrected chi connectivity index (χ0v) is 10.5. The van der Waals surface area contributed by atoms with E-state index < -0.39 is 0 Å². The molecule has 0 atom stereocenters. The van der Waals surface area contributed by atoms with Crippen LogP contribution < -0.4 is 4.74 Å². The summed E-state index contributed by atoms with van der Waals surface area (Å²) in [4.78, 5) is 11.1. The van der Waals surface area contributed by atoms with E-state index in [-0.39, 0.29) is 0 Å². The minimum atomic E-state index is 0.501. The Bertz CT molecular complexity index is 757. The molecule has 0 radical (unpaired) electrons. The first-order valence-corrected chi connectivity index (χ1v) is 5.73. The molecular formula is C13H12N4O2. The maximum Gasteiger partial charge on any atom is 0.153 e. The lowest BCUT2D eigenvalue weighted by molar-refractivity contribution is 0.112. The number of nitrogens with zero attached hydrogens (tertiary/aromatic N) is 3. The number of rotatable bonds is 3. The second-order valence-corrected chi connectivity index (χ2v) is 4.23. The van der Waals surface area contributed by atoms with Gasteiger partial charge in [-0.3, -0.25) is 14.6 Å². The highest BCUT2D eigenvalue weighted by Crippen LogP contribution is 2.30. The lowest BCUT2D eigenvalue weighted by Crippen LogP contribution is -1.90. The summed E-state index contributed by atoms with van der Waals surface area (Å²) in [6.07, 6.45) is 4.39. The van der Waals surface area contributed by atoms with Crippen LogP contribution >= 0.6 is 0 Å². The Morgan fingerprint density at radius 3 is 2.89 bits per heavy atom. The van der Waals surface area contributed by atoms with Crippen molar-refractivity contribution in [3.63, 3.8) is 0 Å². The van der Waals surface area contributed by atoms with Crippen LogP contribution in [0.2, 0.25) is 0 Å². The number of benzene rings is 1. The molecule has 19 heavy (non-hydrogen) atoms. The number of carbonyl (C=O) groups excluding carboxylic acids is 1. The third kappa shape index (κ3) is 1.77. The number of hydrogen-bond donors (Lipinski definition) is 1. The molecule has 0 aliphatic heterocycles. The first-order chi connectivity index (χ1) is 9.22. The molecule has 3 aromatic rings. The van der Waals surface area contributed by atoms with Gasteiger partial charge in [0.2, 0.25) is 0 Å². The summed E-state index contributed by atoms with van der Waals surface area (Å²) in [5.41, 5.74) is 2.99. The van der Waals surface area contributed by atoms with E-state index in [2.05, 4.69) is 15.3 Å². The summed E-state index contributed by atoms with van der Waals surface area (Å²) >= 11 is 0. The second-order valence-electron chi connectivity index (χ2n) is 4.23. The topological polar surface area (TPSA) is 72.8 Å². The number of ether oxygens (including phenoxy) is 1. The number of aromatic nitrogens is 4. The lowest BCUT2D eigenvalue weighted by Gasteiger charge is -2.03. The van der Waals surface area contributed by atoms with Crippen molar-refractivity contribution in [1.82, 2.24) is 20.0 Å². The minimum absolute atomic E-state index is 0.501. The minimum Gasteiger partial charge on any atom is -0.496 e. The van der Waals surface area contributed by atoms with Gasteiger partial charge in [-0.2, -0.15) is 10.2 Å². The Kier molecular flexibility index (Phi) is 2.56. The quantitative estimate of drug-likeness (QED) is 0.725. The summed E-state index contributed by atoms with van der Waals surface area (Å²) in [5.74, 6) is 0.531. The molecule has 6 nitrogen and oxygen atoms in total. The predicted octanol–water partition coefficient (Wildman–Crippen LogP) is 1.78. The van der Waals surface area contributed by atoms with E-state index in [9.17, 15) is 4.79 Å². The highest BCUT2D eigenvalue weighted by atomic mass is 16.5. The van der Waals surface area contributed by atoms with Gasteiger partial charge in [0.1, 0.15) is 11.4 Å². The number of hydrogen-bond acceptors (Lipinski definition) is 4. The van der Waals surface area contributed by atoms with Gasteiger partial charge in [0.05, 0.1) is 24.4 Å². The average Bonchev–Trinajstić information content (AvgIpc) is 3.02. The fourth-order valence-electron chi connectivity index (χ4n) is 2.09. The van der Waals surface area contributed by atoms with E-state index in [4.69, 9.17) is 4.74 Å². The highest BCUT2D eigenvalue weighted by Gasteiger charge is 2.13. The van der Waals surface area contributed by atoms with Crippen LogP contribution in [0.3, 0.4) is 0 Å². The van der Waals surface area contributed by atoms with Gasteiger partial charge in [0.25, 0.3) is 0 Å². The SMILES string of the molecule is COc1cc2[nH]nc(-c3cnn(C)c3)c2cc1C=O. The van der Waals surface area contributed by atoms with Crippen molar-refractivity contribution >= 4 is 17.2 Å². The molecule has 0 unspecified atom stereocenters. The summed E-state index contributed by atoms with van der Waals surface area (Å²) in [5, 5.41) is 12.2. The van der Waals surface area contributed by atoms with Gasteiger partial charge in [-0.05, 0) is 6.07 Å². The molecule has 0 bridgehead atoms. The van der Waals surface area contributed by atoms with Crippen molar-refractivity contribution in [2.45, 2.75) is 0 Å². The van der Waals surface area contributed by atoms with E-state index in [1.807, 2.05) is 13.2 Å². The normalized spacial score (nSPS) is 10.8. The second kappa shape index (κ2) is 4.24. The number of aromatic amines is 1. The van der Waals surface area contributed by atoms with Crippen LogP contribution in [0, 0.1) is 0 Å². The molecule has 0 saturated heterocycles. The molecule has 6 heteroatoms. The number of H-pyrrole nitrogens is 1. The van der Waals surface area contributed by atoms with E-state index in [0.717, 1.165) is 28.4 Å². The van der Waals surface area contributed by atoms with E-state index >= 15 is 0 Å². The van der Waals surface area contributed by atoms with Crippen LogP contribution in [0.4, 0.5) is 0 Å². The molecule has 96 valence electrons. The summed E-state index contributed by atoms with van der Waals surface area (Å²) in [6, 6.07) is 3.54. The first kappa shape index (κ1) is 11.5. The maximum atomic E-state index is 11.1. The zero-order valence-electron chi connectivity index (χ0n) is 10.5. The molecule has 3 rings (SSSR count). The molecule has 0 aliphatic carbocycles. The molecule has 0 fully saturated rings. The molecule has 0 spiro atoms. The number of fused-ring (bicyclic) bond motifs is 1. The number of aryl methyl sites for hydroxylation is 1. The monoisotopic (exact) mass is 256 g/mol. The van der Waals surface area contributed by atoms with Gasteiger partial charge in [-0.15, -0.1) is 0 Å². The summed E-state index contributed by atoms with van der Waals surface area (Å²) in [6.45, 7) is 0. The first-order valence-electron chi connectivity index (χ1n) is 5.73. The molecule has 2 heterocycles. The third-order valence-electron chi connectivity index (χ3n) is 3.02. The maximum absolute atomic E-state index is 11.1. The van der Waals surface area contributed by atoms with Gasteiger partial charge in [0.15, 0.2) is 6.29 Å². The average molecular weight is 256 g/mol. The van der Waals surface area contributed by atoms with Gasteiger partial charge in [0, 0.05) is 30.3 Å². The number of methoxy groups -OCH3 is 1. The molecule has 2 aromatic heterocycles. The molecule has 1 N–H and O–H groups in total. The molecule has 1 aromatic carbocycles. The van der Waals surface area contributed by atoms with Gasteiger partial charge >= 0.3 is 0 Å². The van der Waals surface area contributed by atoms with Crippen LogP contribution in [0.5, 0.6) is 5.75 Å². The smallest absolute Gasteiger partial charge is 0.153 e. The molecule has 0 saturated carbocycles. The Balaban J connectivity index is 2.25. The standard InChI is InChI=1S/C13H12N4O2/c1-17-6-9(5-14-17)13-10-3-8(7-18)12(19-2)4-11(10)15-16-13/h3-7H,1-2H3,(H,15,16). The lowest BCUT2D eigenvalue weighted by atomic mass is 10.1. The largest absolute Gasteiger partial charge is 0.496 e. The fraction of sp³-hybridized carbons (Fsp3) is 0.154. The Morgan fingerprint density at radius 2 is 2.26 bits per heavy atom. The van der Waals surface area contributed by atoms with Crippen LogP contribution in [-0.2, 0) is 7.05 Å². The van der Waals surface area contributed by atoms with Crippen molar-refractivity contribution in [2.75, 3.05) is 7.11 Å². The van der Waals surface area contributed by atoms with Crippen molar-refractivity contribution < 1.29 is 9.53 Å². The number of aldehydes is 1. The Labute approximate surface area is 109 Å². The zero-order chi connectivity index (χ0) is 13.4. The Hall–Kier alpha value is -2.63. The van der Waals surface area contributed by atoms with E-state index in [1.165, 1.54) is 7.11 Å². The van der Waals surface area contributed by atoms with Crippen LogP contribution in [0.25, 0.3) is 22.2 Å². The van der Waals surface area contributed by atoms with Crippen molar-refractivity contribution in [2.24, 2.45) is 7.05 Å². The van der Waals surface area contributed by atoms with Crippen molar-refractivity contribution in [3.8, 4) is 17.0 Å². The van der Waals surface area contributed by atoms with Crippen LogP contribution in [-0.4, -0.2) is 33.4 Å². The molecule has 0 amide bonds. The van der Waals surface area contributed by atoms with Gasteiger partial charge in [-0.1, -0.05) is 0 Å². The van der Waals surface area contributed by atoms with E-state index in [1.54, 1.807) is 23.0 Å². The Morgan fingerprint density at radius 1 is 1.42 bits per heavy atom. The summed E-state index contributed by atoms with van der Waals surface area (Å²) in [7, 11) is 3.38. The summed E-state index contributed by atoms with van der Waals surface area (Å²) < 4.78 is 6.88. The van der Waals surface area contributed by atoms with Gasteiger partial charge < -0.3 is 4.74 Å². The highest BCUT2D eigenvalue weighted by molar-refractivity contribution is 5.97. The third-order valence-corrected chi connectivity index (χ3v) is 3.02. The van der Waals surface area contributed by atoms with Gasteiger partial charge in [-0.25, -0.2) is 0 Å². The predicted molar refractivity (Wildman–Crippen MR) is 70.2 cm³/mol. The van der Waals surface area contributed by atoms with Crippen LogP contribution in [0.1, 0.15) is 10.4 Å². The van der Waals surface area contributed by atoms with E-state index in [0.29, 0.717) is 11.3 Å². The van der Waals surface area contributed by atoms with Crippen molar-refractivity contribution in [3.05, 3.63) is 30.1 Å². The molecular weight excluding hydrogens is 244 g/mol.